The first kappa shape index (κ1) is 15.2. The fourth-order valence-electron chi connectivity index (χ4n) is 2.25. The summed E-state index contributed by atoms with van der Waals surface area (Å²) in [5.41, 5.74) is 3.12. The molecular weight excluding hydrogens is 218 g/mol. The highest BCUT2D eigenvalue weighted by molar-refractivity contribution is 5.27. The van der Waals surface area contributed by atoms with E-state index in [1.807, 2.05) is 7.05 Å². The van der Waals surface area contributed by atoms with Crippen molar-refractivity contribution < 1.29 is 0 Å². The summed E-state index contributed by atoms with van der Waals surface area (Å²) in [4.78, 5) is 0. The van der Waals surface area contributed by atoms with Crippen molar-refractivity contribution in [2.45, 2.75) is 46.5 Å². The van der Waals surface area contributed by atoms with Crippen LogP contribution in [0.3, 0.4) is 0 Å². The predicted octanol–water partition coefficient (Wildman–Crippen LogP) is 4.02. The number of rotatable bonds is 5. The lowest BCUT2D eigenvalue weighted by molar-refractivity contribution is 0.370. The van der Waals surface area contributed by atoms with Gasteiger partial charge in [0.25, 0.3) is 0 Å². The molecule has 1 aromatic carbocycles. The van der Waals surface area contributed by atoms with E-state index in [1.165, 1.54) is 17.5 Å². The number of benzene rings is 1. The first-order chi connectivity index (χ1) is 8.34. The molecule has 0 bridgehead atoms. The molecule has 0 radical (unpaired) electrons. The average molecular weight is 247 g/mol. The third-order valence-corrected chi connectivity index (χ3v) is 3.73. The summed E-state index contributed by atoms with van der Waals surface area (Å²) in [5, 5.41) is 3.31. The van der Waals surface area contributed by atoms with E-state index in [0.717, 1.165) is 18.4 Å². The maximum Gasteiger partial charge on any atom is -0.00179 e. The van der Waals surface area contributed by atoms with Crippen LogP contribution in [0.5, 0.6) is 0 Å². The number of hydrogen-bond acceptors (Lipinski definition) is 1. The maximum absolute atomic E-state index is 3.31. The molecule has 1 rings (SSSR count). The molecular formula is C17H29N. The van der Waals surface area contributed by atoms with Crippen molar-refractivity contribution in [2.75, 3.05) is 13.6 Å². The molecule has 102 valence electrons. The highest BCUT2D eigenvalue weighted by Gasteiger charge is 2.15. The van der Waals surface area contributed by atoms with Crippen LogP contribution in [-0.2, 0) is 11.8 Å². The van der Waals surface area contributed by atoms with Gasteiger partial charge in [0.15, 0.2) is 0 Å². The fraction of sp³-hybridized carbons (Fsp3) is 0.647. The highest BCUT2D eigenvalue weighted by Crippen LogP contribution is 2.23. The summed E-state index contributed by atoms with van der Waals surface area (Å²) < 4.78 is 0. The summed E-state index contributed by atoms with van der Waals surface area (Å²) >= 11 is 0. The summed E-state index contributed by atoms with van der Waals surface area (Å²) in [6, 6.07) is 9.16. The summed E-state index contributed by atoms with van der Waals surface area (Å²) in [7, 11) is 2.04. The van der Waals surface area contributed by atoms with Crippen molar-refractivity contribution in [1.82, 2.24) is 5.32 Å². The quantitative estimate of drug-likeness (QED) is 0.828. The van der Waals surface area contributed by atoms with E-state index in [1.54, 1.807) is 0 Å². The molecule has 0 saturated heterocycles. The van der Waals surface area contributed by atoms with Gasteiger partial charge in [0, 0.05) is 0 Å². The third-order valence-electron chi connectivity index (χ3n) is 3.73. The Morgan fingerprint density at radius 1 is 1.06 bits per heavy atom. The highest BCUT2D eigenvalue weighted by atomic mass is 14.8. The standard InChI is InChI=1S/C17H29N/c1-13(2)15(12-18-6)11-14-7-9-16(10-8-14)17(3,4)5/h7-10,13,15,18H,11-12H2,1-6H3. The third kappa shape index (κ3) is 4.45. The van der Waals surface area contributed by atoms with Gasteiger partial charge < -0.3 is 5.32 Å². The molecule has 0 saturated carbocycles. The molecule has 18 heavy (non-hydrogen) atoms. The SMILES string of the molecule is CNCC(Cc1ccc(C(C)(C)C)cc1)C(C)C. The van der Waals surface area contributed by atoms with Crippen LogP contribution in [-0.4, -0.2) is 13.6 Å². The molecule has 0 aliphatic carbocycles. The lowest BCUT2D eigenvalue weighted by atomic mass is 9.85. The topological polar surface area (TPSA) is 12.0 Å². The van der Waals surface area contributed by atoms with Crippen LogP contribution >= 0.6 is 0 Å². The Bertz CT molecular complexity index is 343. The van der Waals surface area contributed by atoms with Crippen LogP contribution in [0.2, 0.25) is 0 Å². The molecule has 1 aromatic rings. The second kappa shape index (κ2) is 6.38. The Morgan fingerprint density at radius 2 is 1.61 bits per heavy atom. The maximum atomic E-state index is 3.31. The van der Waals surface area contributed by atoms with Crippen molar-refractivity contribution in [3.63, 3.8) is 0 Å². The van der Waals surface area contributed by atoms with E-state index in [2.05, 4.69) is 64.2 Å². The minimum absolute atomic E-state index is 0.251. The lowest BCUT2D eigenvalue weighted by Gasteiger charge is -2.22. The van der Waals surface area contributed by atoms with Crippen molar-refractivity contribution in [3.8, 4) is 0 Å². The smallest absolute Gasteiger partial charge is 0.00179 e. The van der Waals surface area contributed by atoms with Crippen molar-refractivity contribution in [1.29, 1.82) is 0 Å². The molecule has 1 nitrogen and oxygen atoms in total. The van der Waals surface area contributed by atoms with Crippen LogP contribution < -0.4 is 5.32 Å². The van der Waals surface area contributed by atoms with Gasteiger partial charge in [0.2, 0.25) is 0 Å². The number of nitrogens with one attached hydrogen (secondary N) is 1. The van der Waals surface area contributed by atoms with E-state index in [9.17, 15) is 0 Å². The van der Waals surface area contributed by atoms with Gasteiger partial charge in [0.1, 0.15) is 0 Å². The van der Waals surface area contributed by atoms with Gasteiger partial charge in [-0.15, -0.1) is 0 Å². The van der Waals surface area contributed by atoms with Crippen molar-refractivity contribution in [3.05, 3.63) is 35.4 Å². The zero-order valence-electron chi connectivity index (χ0n) is 12.9. The Kier molecular flexibility index (Phi) is 5.40. The molecule has 1 N–H and O–H groups in total. The molecule has 0 amide bonds. The van der Waals surface area contributed by atoms with Crippen LogP contribution in [0.4, 0.5) is 0 Å². The molecule has 0 heterocycles. The van der Waals surface area contributed by atoms with Crippen molar-refractivity contribution in [2.24, 2.45) is 11.8 Å². The van der Waals surface area contributed by atoms with E-state index >= 15 is 0 Å². The first-order valence-electron chi connectivity index (χ1n) is 7.08. The summed E-state index contributed by atoms with van der Waals surface area (Å²) in [6.07, 6.45) is 1.17. The van der Waals surface area contributed by atoms with E-state index < -0.39 is 0 Å². The molecule has 1 unspecified atom stereocenters. The predicted molar refractivity (Wildman–Crippen MR) is 81.1 cm³/mol. The van der Waals surface area contributed by atoms with Gasteiger partial charge >= 0.3 is 0 Å². The molecule has 0 aliphatic heterocycles. The average Bonchev–Trinajstić information content (AvgIpc) is 2.28. The zero-order chi connectivity index (χ0) is 13.8. The van der Waals surface area contributed by atoms with E-state index in [0.29, 0.717) is 0 Å². The second-order valence-corrected chi connectivity index (χ2v) is 6.71. The van der Waals surface area contributed by atoms with Gasteiger partial charge in [-0.2, -0.15) is 0 Å². The van der Waals surface area contributed by atoms with E-state index in [4.69, 9.17) is 0 Å². The zero-order valence-corrected chi connectivity index (χ0v) is 12.9. The normalized spacial score (nSPS) is 13.9. The number of hydrogen-bond donors (Lipinski definition) is 1. The van der Waals surface area contributed by atoms with Crippen LogP contribution in [0.1, 0.15) is 45.7 Å². The van der Waals surface area contributed by atoms with E-state index in [-0.39, 0.29) is 5.41 Å². The first-order valence-corrected chi connectivity index (χ1v) is 7.08. The minimum atomic E-state index is 0.251. The molecule has 1 heteroatoms. The van der Waals surface area contributed by atoms with Gasteiger partial charge in [0.05, 0.1) is 0 Å². The monoisotopic (exact) mass is 247 g/mol. The Morgan fingerprint density at radius 3 is 2.00 bits per heavy atom. The summed E-state index contributed by atoms with van der Waals surface area (Å²) in [5.74, 6) is 1.44. The van der Waals surface area contributed by atoms with Crippen LogP contribution in [0.25, 0.3) is 0 Å². The van der Waals surface area contributed by atoms with Gasteiger partial charge in [-0.3, -0.25) is 0 Å². The molecule has 0 aromatic heterocycles. The fourth-order valence-corrected chi connectivity index (χ4v) is 2.25. The second-order valence-electron chi connectivity index (χ2n) is 6.71. The lowest BCUT2D eigenvalue weighted by Crippen LogP contribution is -2.25. The summed E-state index contributed by atoms with van der Waals surface area (Å²) in [6.45, 7) is 12.5. The van der Waals surface area contributed by atoms with Crippen molar-refractivity contribution >= 4 is 0 Å². The Balaban J connectivity index is 2.73. The molecule has 0 spiro atoms. The van der Waals surface area contributed by atoms with Crippen LogP contribution in [0.15, 0.2) is 24.3 Å². The molecule has 0 fully saturated rings. The van der Waals surface area contributed by atoms with Gasteiger partial charge in [-0.1, -0.05) is 58.9 Å². The molecule has 1 atom stereocenters. The van der Waals surface area contributed by atoms with Gasteiger partial charge in [-0.25, -0.2) is 0 Å². The van der Waals surface area contributed by atoms with Crippen LogP contribution in [0, 0.1) is 11.8 Å². The Labute approximate surface area is 113 Å². The Hall–Kier alpha value is -0.820. The minimum Gasteiger partial charge on any atom is -0.319 e. The largest absolute Gasteiger partial charge is 0.319 e. The molecule has 0 aliphatic rings. The van der Waals surface area contributed by atoms with Gasteiger partial charge in [-0.05, 0) is 48.4 Å².